The lowest BCUT2D eigenvalue weighted by Crippen LogP contribution is -2.47. The minimum atomic E-state index is -3.65. The molecule has 0 aromatic heterocycles. The maximum absolute atomic E-state index is 13.4. The van der Waals surface area contributed by atoms with Gasteiger partial charge in [-0.05, 0) is 17.9 Å². The van der Waals surface area contributed by atoms with E-state index >= 15 is 0 Å². The molecule has 254 valence electrons. The van der Waals surface area contributed by atoms with Crippen LogP contribution in [0, 0.1) is 17.8 Å². The number of carbonyl (C=O) groups excluding carboxylic acids is 4. The Hall–Kier alpha value is -4.60. The Morgan fingerprint density at radius 1 is 0.826 bits per heavy atom. The summed E-state index contributed by atoms with van der Waals surface area (Å²) in [6, 6.07) is 5.86. The molecule has 5 N–H and O–H groups in total. The molecule has 46 heavy (non-hydrogen) atoms. The van der Waals surface area contributed by atoms with Crippen molar-refractivity contribution in [2.24, 2.45) is 17.8 Å². The molecule has 0 unspecified atom stereocenters. The number of amides is 2. The average Bonchev–Trinajstić information content (AvgIpc) is 2.94. The van der Waals surface area contributed by atoms with Crippen molar-refractivity contribution >= 4 is 51.3 Å². The van der Waals surface area contributed by atoms with Crippen LogP contribution in [0.2, 0.25) is 0 Å². The number of hydrogen-bond donors (Lipinski definition) is 5. The van der Waals surface area contributed by atoms with Gasteiger partial charge in [0.2, 0.25) is 11.8 Å². The van der Waals surface area contributed by atoms with E-state index in [1.54, 1.807) is 44.2 Å². The van der Waals surface area contributed by atoms with Crippen LogP contribution >= 0.6 is 0 Å². The Labute approximate surface area is 266 Å². The Kier molecular flexibility index (Phi) is 16.3. The fourth-order valence-corrected chi connectivity index (χ4v) is 4.69. The summed E-state index contributed by atoms with van der Waals surface area (Å²) >= 11 is 0. The molecule has 0 heterocycles. The quantitative estimate of drug-likeness (QED) is 0.116. The van der Waals surface area contributed by atoms with Gasteiger partial charge < -0.3 is 30.7 Å². The minimum Gasteiger partial charge on any atom is -0.481 e. The SMILES string of the molecule is CC(C)[C@H](CC(=O)[C@H](CCC(=O)O)NC(=O)[C@H](CC(=O)O)CC(=O)OCc1ccccc1)C(=O)N[C@H](/C=C/S(C)(=O)=O)CC(=O)O. The second kappa shape index (κ2) is 19.0. The molecule has 0 fully saturated rings. The number of benzene rings is 1. The van der Waals surface area contributed by atoms with E-state index < -0.39 is 120 Å². The number of aliphatic carboxylic acids is 3. The lowest BCUT2D eigenvalue weighted by Gasteiger charge is -2.25. The van der Waals surface area contributed by atoms with E-state index in [1.165, 1.54) is 0 Å². The van der Waals surface area contributed by atoms with Gasteiger partial charge in [-0.1, -0.05) is 50.3 Å². The van der Waals surface area contributed by atoms with Gasteiger partial charge in [0.25, 0.3) is 0 Å². The van der Waals surface area contributed by atoms with Crippen molar-refractivity contribution in [2.75, 3.05) is 6.26 Å². The second-order valence-electron chi connectivity index (χ2n) is 11.0. The summed E-state index contributed by atoms with van der Waals surface area (Å²) in [4.78, 5) is 86.1. The predicted octanol–water partition coefficient (Wildman–Crippen LogP) is 1.31. The van der Waals surface area contributed by atoms with Crippen LogP contribution in [-0.2, 0) is 54.7 Å². The number of ketones is 1. The molecule has 16 heteroatoms. The summed E-state index contributed by atoms with van der Waals surface area (Å²) in [6.07, 6.45) is -1.76. The van der Waals surface area contributed by atoms with Gasteiger partial charge in [0.15, 0.2) is 15.6 Å². The van der Waals surface area contributed by atoms with E-state index in [0.717, 1.165) is 17.7 Å². The first kappa shape index (κ1) is 39.4. The van der Waals surface area contributed by atoms with Crippen molar-refractivity contribution in [3.8, 4) is 0 Å². The summed E-state index contributed by atoms with van der Waals surface area (Å²) in [5, 5.41) is 33.2. The number of esters is 1. The van der Waals surface area contributed by atoms with Crippen molar-refractivity contribution in [1.29, 1.82) is 0 Å². The number of nitrogens with one attached hydrogen (secondary N) is 2. The normalized spacial score (nSPS) is 14.1. The number of carbonyl (C=O) groups is 7. The van der Waals surface area contributed by atoms with Gasteiger partial charge in [-0.15, -0.1) is 0 Å². The van der Waals surface area contributed by atoms with E-state index in [4.69, 9.17) is 4.74 Å². The fourth-order valence-electron chi connectivity index (χ4n) is 4.21. The van der Waals surface area contributed by atoms with Crippen molar-refractivity contribution in [3.63, 3.8) is 0 Å². The molecule has 1 rings (SSSR count). The topological polar surface area (TPSA) is 248 Å². The van der Waals surface area contributed by atoms with E-state index in [-0.39, 0.29) is 6.61 Å². The number of ether oxygens (including phenoxy) is 1. The lowest BCUT2D eigenvalue weighted by atomic mass is 9.86. The minimum absolute atomic E-state index is 0.128. The molecule has 4 atom stereocenters. The molecule has 0 saturated heterocycles. The highest BCUT2D eigenvalue weighted by Gasteiger charge is 2.33. The van der Waals surface area contributed by atoms with Gasteiger partial charge in [-0.2, -0.15) is 0 Å². The molecule has 0 radical (unpaired) electrons. The van der Waals surface area contributed by atoms with E-state index in [2.05, 4.69) is 10.6 Å². The van der Waals surface area contributed by atoms with Crippen LogP contribution in [0.1, 0.15) is 57.9 Å². The molecule has 1 aromatic carbocycles. The van der Waals surface area contributed by atoms with Crippen LogP contribution in [0.25, 0.3) is 0 Å². The first-order valence-electron chi connectivity index (χ1n) is 14.2. The summed E-state index contributed by atoms with van der Waals surface area (Å²) in [6.45, 7) is 3.05. The zero-order chi connectivity index (χ0) is 35.0. The average molecular weight is 669 g/mol. The number of hydrogen-bond acceptors (Lipinski definition) is 10. The third-order valence-electron chi connectivity index (χ3n) is 6.64. The third-order valence-corrected chi connectivity index (χ3v) is 7.29. The zero-order valence-electron chi connectivity index (χ0n) is 25.7. The molecule has 1 aromatic rings. The van der Waals surface area contributed by atoms with Gasteiger partial charge in [0, 0.05) is 30.4 Å². The highest BCUT2D eigenvalue weighted by molar-refractivity contribution is 7.93. The van der Waals surface area contributed by atoms with E-state index in [1.807, 2.05) is 0 Å². The summed E-state index contributed by atoms with van der Waals surface area (Å²) in [7, 11) is -3.65. The Balaban J connectivity index is 3.12. The van der Waals surface area contributed by atoms with Crippen LogP contribution in [0.5, 0.6) is 0 Å². The molecular weight excluding hydrogens is 628 g/mol. The smallest absolute Gasteiger partial charge is 0.306 e. The van der Waals surface area contributed by atoms with Gasteiger partial charge in [-0.25, -0.2) is 8.42 Å². The van der Waals surface area contributed by atoms with Crippen LogP contribution in [-0.4, -0.2) is 83.6 Å². The Bertz CT molecular complexity index is 1390. The van der Waals surface area contributed by atoms with Gasteiger partial charge >= 0.3 is 23.9 Å². The van der Waals surface area contributed by atoms with Crippen molar-refractivity contribution in [1.82, 2.24) is 10.6 Å². The lowest BCUT2D eigenvalue weighted by molar-refractivity contribution is -0.150. The number of Topliss-reactive ketones (excluding diaryl/α,β-unsaturated/α-hetero) is 1. The molecule has 0 saturated carbocycles. The summed E-state index contributed by atoms with van der Waals surface area (Å²) in [5.74, 6) is -10.6. The highest BCUT2D eigenvalue weighted by Crippen LogP contribution is 2.20. The molecule has 15 nitrogen and oxygen atoms in total. The van der Waals surface area contributed by atoms with Crippen LogP contribution < -0.4 is 10.6 Å². The van der Waals surface area contributed by atoms with Gasteiger partial charge in [0.1, 0.15) is 6.61 Å². The van der Waals surface area contributed by atoms with Gasteiger partial charge in [-0.3, -0.25) is 33.6 Å². The molecule has 0 spiro atoms. The predicted molar refractivity (Wildman–Crippen MR) is 162 cm³/mol. The molecule has 0 aliphatic carbocycles. The monoisotopic (exact) mass is 668 g/mol. The maximum Gasteiger partial charge on any atom is 0.306 e. The number of sulfone groups is 1. The molecule has 2 amide bonds. The standard InChI is InChI=1S/C30H40N2O13S/c1-18(2)22(30(42)31-21(15-27(38)39)11-12-46(3,43)44)16-24(33)23(9-10-25(34)35)32-29(41)20(13-26(36)37)14-28(40)45-17-19-7-5-4-6-8-19/h4-8,11-12,18,20-23H,9-10,13-17H2,1-3H3,(H,31,42)(H,32,41)(H,34,35)(H,36,37)(H,38,39)/b12-11+/t20-,21-,22+,23+/m1/s1. The largest absolute Gasteiger partial charge is 0.481 e. The number of carboxylic acids is 3. The molecule has 0 aliphatic rings. The van der Waals surface area contributed by atoms with Crippen LogP contribution in [0.3, 0.4) is 0 Å². The first-order chi connectivity index (χ1) is 21.4. The van der Waals surface area contributed by atoms with Crippen LogP contribution in [0.4, 0.5) is 0 Å². The Morgan fingerprint density at radius 2 is 1.43 bits per heavy atom. The van der Waals surface area contributed by atoms with Crippen molar-refractivity contribution in [3.05, 3.63) is 47.4 Å². The summed E-state index contributed by atoms with van der Waals surface area (Å²) in [5.41, 5.74) is 0.652. The van der Waals surface area contributed by atoms with E-state index in [9.17, 15) is 57.3 Å². The molecule has 0 aliphatic heterocycles. The molecular formula is C30H40N2O13S. The number of rotatable bonds is 21. The first-order valence-corrected chi connectivity index (χ1v) is 16.2. The van der Waals surface area contributed by atoms with Gasteiger partial charge in [0.05, 0.1) is 37.3 Å². The van der Waals surface area contributed by atoms with E-state index in [0.29, 0.717) is 5.56 Å². The zero-order valence-corrected chi connectivity index (χ0v) is 26.5. The van der Waals surface area contributed by atoms with Crippen LogP contribution in [0.15, 0.2) is 41.8 Å². The maximum atomic E-state index is 13.4. The second-order valence-corrected chi connectivity index (χ2v) is 13.0. The fraction of sp³-hybridized carbons (Fsp3) is 0.500. The van der Waals surface area contributed by atoms with Crippen molar-refractivity contribution in [2.45, 2.75) is 71.1 Å². The summed E-state index contributed by atoms with van der Waals surface area (Å²) < 4.78 is 28.1. The Morgan fingerprint density at radius 3 is 1.96 bits per heavy atom. The number of carboxylic acid groups (broad SMARTS) is 3. The molecule has 0 bridgehead atoms. The van der Waals surface area contributed by atoms with Crippen molar-refractivity contribution < 1.29 is 62.0 Å². The third kappa shape index (κ3) is 16.5. The highest BCUT2D eigenvalue weighted by atomic mass is 32.2.